The van der Waals surface area contributed by atoms with E-state index in [0.717, 1.165) is 6.20 Å². The monoisotopic (exact) mass is 279 g/mol. The first-order chi connectivity index (χ1) is 8.35. The summed E-state index contributed by atoms with van der Waals surface area (Å²) in [6.07, 6.45) is -0.890. The van der Waals surface area contributed by atoms with Crippen molar-refractivity contribution in [3.05, 3.63) is 22.7 Å². The Labute approximate surface area is 104 Å². The average Bonchev–Trinajstić information content (AvgIpc) is 2.52. The molecule has 1 aromatic rings. The van der Waals surface area contributed by atoms with Crippen LogP contribution in [0.2, 0.25) is 0 Å². The fourth-order valence-electron chi connectivity index (χ4n) is 1.83. The standard InChI is InChI=1S/C9H11F2N3O3S/c10-9(11)5(16)3-18-8(9,4-15)14-2-1-6(12)13-7(14)17/h1-2,5,15-16H,3-4H2,(H2,12,13,17)/t5-,8+/m1/s1. The van der Waals surface area contributed by atoms with E-state index < -0.39 is 29.2 Å². The van der Waals surface area contributed by atoms with Gasteiger partial charge >= 0.3 is 11.6 Å². The van der Waals surface area contributed by atoms with Crippen LogP contribution in [0, 0.1) is 0 Å². The van der Waals surface area contributed by atoms with E-state index in [9.17, 15) is 23.8 Å². The van der Waals surface area contributed by atoms with Gasteiger partial charge in [-0.1, -0.05) is 0 Å². The summed E-state index contributed by atoms with van der Waals surface area (Å²) in [6, 6.07) is 1.18. The number of anilines is 1. The molecule has 4 N–H and O–H groups in total. The summed E-state index contributed by atoms with van der Waals surface area (Å²) in [6.45, 7) is -1.01. The molecule has 0 radical (unpaired) electrons. The second kappa shape index (κ2) is 4.18. The van der Waals surface area contributed by atoms with Crippen molar-refractivity contribution < 1.29 is 19.0 Å². The molecule has 2 rings (SSSR count). The SMILES string of the molecule is Nc1ccn([C@@]2(CO)SC[C@@H](O)C2(F)F)c(=O)n1. The van der Waals surface area contributed by atoms with Crippen molar-refractivity contribution in [2.45, 2.75) is 16.9 Å². The number of hydrogen-bond acceptors (Lipinski definition) is 6. The third-order valence-electron chi connectivity index (χ3n) is 2.85. The Morgan fingerprint density at radius 3 is 2.78 bits per heavy atom. The lowest BCUT2D eigenvalue weighted by atomic mass is 10.1. The topological polar surface area (TPSA) is 101 Å². The molecule has 1 aliphatic rings. The highest BCUT2D eigenvalue weighted by Crippen LogP contribution is 2.52. The molecular weight excluding hydrogens is 268 g/mol. The van der Waals surface area contributed by atoms with Gasteiger partial charge in [0.15, 0.2) is 4.87 Å². The Bertz CT molecular complexity index is 524. The maximum Gasteiger partial charge on any atom is 0.350 e. The van der Waals surface area contributed by atoms with Crippen molar-refractivity contribution in [2.75, 3.05) is 18.1 Å². The number of hydrogen-bond donors (Lipinski definition) is 3. The van der Waals surface area contributed by atoms with Crippen LogP contribution in [0.5, 0.6) is 0 Å². The predicted octanol–water partition coefficient (Wildman–Crippen LogP) is -0.786. The summed E-state index contributed by atoms with van der Waals surface area (Å²) in [5.41, 5.74) is 4.28. The first kappa shape index (κ1) is 13.2. The Morgan fingerprint density at radius 1 is 1.67 bits per heavy atom. The third-order valence-corrected chi connectivity index (χ3v) is 4.41. The Balaban J connectivity index is 2.62. The van der Waals surface area contributed by atoms with Gasteiger partial charge in [0.1, 0.15) is 11.9 Å². The second-order valence-corrected chi connectivity index (χ2v) is 5.19. The van der Waals surface area contributed by atoms with E-state index in [0.29, 0.717) is 16.3 Å². The lowest BCUT2D eigenvalue weighted by Crippen LogP contribution is -2.55. The van der Waals surface area contributed by atoms with Gasteiger partial charge in [-0.3, -0.25) is 4.57 Å². The van der Waals surface area contributed by atoms with Gasteiger partial charge in [-0.25, -0.2) is 4.79 Å². The van der Waals surface area contributed by atoms with Crippen molar-refractivity contribution in [1.82, 2.24) is 9.55 Å². The van der Waals surface area contributed by atoms with Crippen LogP contribution in [0.4, 0.5) is 14.6 Å². The zero-order valence-corrected chi connectivity index (χ0v) is 9.90. The number of alkyl halides is 2. The van der Waals surface area contributed by atoms with Crippen molar-refractivity contribution in [1.29, 1.82) is 0 Å². The number of aliphatic hydroxyl groups is 2. The molecule has 0 spiro atoms. The van der Waals surface area contributed by atoms with Crippen molar-refractivity contribution >= 4 is 17.6 Å². The summed E-state index contributed by atoms with van der Waals surface area (Å²) in [5, 5.41) is 18.6. The summed E-state index contributed by atoms with van der Waals surface area (Å²) in [7, 11) is 0. The highest BCUT2D eigenvalue weighted by Gasteiger charge is 2.65. The van der Waals surface area contributed by atoms with Crippen LogP contribution in [0.1, 0.15) is 0 Å². The van der Waals surface area contributed by atoms with Gasteiger partial charge < -0.3 is 15.9 Å². The van der Waals surface area contributed by atoms with E-state index in [-0.39, 0.29) is 11.6 Å². The van der Waals surface area contributed by atoms with Crippen LogP contribution in [-0.2, 0) is 4.87 Å². The summed E-state index contributed by atoms with van der Waals surface area (Å²) < 4.78 is 28.6. The first-order valence-corrected chi connectivity index (χ1v) is 6.00. The molecule has 0 aliphatic carbocycles. The molecule has 0 aromatic carbocycles. The van der Waals surface area contributed by atoms with Crippen LogP contribution in [0.3, 0.4) is 0 Å². The molecule has 0 bridgehead atoms. The van der Waals surface area contributed by atoms with Gasteiger partial charge in [0.05, 0.1) is 6.61 Å². The van der Waals surface area contributed by atoms with E-state index in [4.69, 9.17) is 5.73 Å². The molecule has 100 valence electrons. The molecular formula is C9H11F2N3O3S. The molecule has 9 heteroatoms. The van der Waals surface area contributed by atoms with Crippen LogP contribution >= 0.6 is 11.8 Å². The number of thioether (sulfide) groups is 1. The molecule has 18 heavy (non-hydrogen) atoms. The molecule has 0 saturated carbocycles. The summed E-state index contributed by atoms with van der Waals surface area (Å²) in [5.74, 6) is -4.03. The first-order valence-electron chi connectivity index (χ1n) is 5.01. The zero-order valence-electron chi connectivity index (χ0n) is 9.08. The maximum atomic E-state index is 14.0. The number of aromatic nitrogens is 2. The van der Waals surface area contributed by atoms with Crippen molar-refractivity contribution in [3.8, 4) is 0 Å². The van der Waals surface area contributed by atoms with Crippen molar-refractivity contribution in [3.63, 3.8) is 0 Å². The van der Waals surface area contributed by atoms with Gasteiger partial charge in [-0.05, 0) is 6.07 Å². The van der Waals surface area contributed by atoms with Gasteiger partial charge in [-0.15, -0.1) is 11.8 Å². The van der Waals surface area contributed by atoms with Gasteiger partial charge in [0.2, 0.25) is 0 Å². The number of halogens is 2. The highest BCUT2D eigenvalue weighted by molar-refractivity contribution is 8.00. The molecule has 0 unspecified atom stereocenters. The van der Waals surface area contributed by atoms with E-state index in [1.165, 1.54) is 6.07 Å². The molecule has 0 amide bonds. The maximum absolute atomic E-state index is 14.0. The molecule has 1 aliphatic heterocycles. The van der Waals surface area contributed by atoms with Gasteiger partial charge in [0, 0.05) is 11.9 Å². The van der Waals surface area contributed by atoms with E-state index in [1.807, 2.05) is 0 Å². The fraction of sp³-hybridized carbons (Fsp3) is 0.556. The molecule has 1 saturated heterocycles. The smallest absolute Gasteiger partial charge is 0.350 e. The summed E-state index contributed by atoms with van der Waals surface area (Å²) in [4.78, 5) is 12.7. The quantitative estimate of drug-likeness (QED) is 0.656. The Hall–Kier alpha value is -1.19. The minimum atomic E-state index is -3.64. The van der Waals surface area contributed by atoms with Gasteiger partial charge in [-0.2, -0.15) is 13.8 Å². The fourth-order valence-corrected chi connectivity index (χ4v) is 3.17. The molecule has 1 fully saturated rings. The van der Waals surface area contributed by atoms with E-state index in [1.54, 1.807) is 0 Å². The van der Waals surface area contributed by atoms with Crippen LogP contribution in [0.25, 0.3) is 0 Å². The number of nitrogen functional groups attached to an aromatic ring is 1. The highest BCUT2D eigenvalue weighted by atomic mass is 32.2. The van der Waals surface area contributed by atoms with Crippen LogP contribution in [-0.4, -0.2) is 44.2 Å². The van der Waals surface area contributed by atoms with E-state index in [2.05, 4.69) is 4.98 Å². The summed E-state index contributed by atoms with van der Waals surface area (Å²) >= 11 is 0.610. The number of nitrogens with two attached hydrogens (primary N) is 1. The minimum absolute atomic E-state index is 0.101. The van der Waals surface area contributed by atoms with Crippen molar-refractivity contribution in [2.24, 2.45) is 0 Å². The molecule has 2 atom stereocenters. The number of rotatable bonds is 2. The number of nitrogens with zero attached hydrogens (tertiary/aromatic N) is 2. The number of aliphatic hydroxyl groups excluding tert-OH is 2. The average molecular weight is 279 g/mol. The lowest BCUT2D eigenvalue weighted by Gasteiger charge is -2.34. The minimum Gasteiger partial charge on any atom is -0.393 e. The van der Waals surface area contributed by atoms with Gasteiger partial charge in [0.25, 0.3) is 0 Å². The third kappa shape index (κ3) is 1.62. The van der Waals surface area contributed by atoms with Crippen LogP contribution < -0.4 is 11.4 Å². The second-order valence-electron chi connectivity index (χ2n) is 3.90. The normalized spacial score (nSPS) is 30.6. The van der Waals surface area contributed by atoms with E-state index >= 15 is 0 Å². The Kier molecular flexibility index (Phi) is 3.07. The molecule has 1 aromatic heterocycles. The zero-order chi connectivity index (χ0) is 13.6. The molecule has 6 nitrogen and oxygen atoms in total. The van der Waals surface area contributed by atoms with Crippen LogP contribution in [0.15, 0.2) is 17.1 Å². The lowest BCUT2D eigenvalue weighted by molar-refractivity contribution is -0.146. The largest absolute Gasteiger partial charge is 0.393 e. The Morgan fingerprint density at radius 2 is 2.33 bits per heavy atom. The molecule has 2 heterocycles. The predicted molar refractivity (Wildman–Crippen MR) is 61.4 cm³/mol.